The predicted octanol–water partition coefficient (Wildman–Crippen LogP) is 4.38. The Morgan fingerprint density at radius 1 is 1.00 bits per heavy atom. The Morgan fingerprint density at radius 3 is 2.19 bits per heavy atom. The van der Waals surface area contributed by atoms with Crippen molar-refractivity contribution in [2.75, 3.05) is 10.8 Å². The van der Waals surface area contributed by atoms with E-state index in [1.807, 2.05) is 38.1 Å². The van der Waals surface area contributed by atoms with Crippen molar-refractivity contribution in [3.8, 4) is 0 Å². The predicted molar refractivity (Wildman–Crippen MR) is 89.0 cm³/mol. The SMILES string of the molecule is Cc1ccc(CN(C(=O)CCl)c2ccc(C)cc2C)cc1. The molecule has 0 aliphatic heterocycles. The number of anilines is 1. The molecular formula is C18H20ClNO. The van der Waals surface area contributed by atoms with Crippen LogP contribution in [-0.2, 0) is 11.3 Å². The third-order valence-corrected chi connectivity index (χ3v) is 3.75. The van der Waals surface area contributed by atoms with Crippen LogP contribution in [0.25, 0.3) is 0 Å². The molecule has 0 saturated carbocycles. The van der Waals surface area contributed by atoms with Gasteiger partial charge in [-0.25, -0.2) is 0 Å². The van der Waals surface area contributed by atoms with E-state index in [2.05, 4.69) is 25.1 Å². The molecule has 0 fully saturated rings. The summed E-state index contributed by atoms with van der Waals surface area (Å²) in [5.41, 5.74) is 5.50. The van der Waals surface area contributed by atoms with Crippen molar-refractivity contribution >= 4 is 23.2 Å². The van der Waals surface area contributed by atoms with E-state index < -0.39 is 0 Å². The van der Waals surface area contributed by atoms with E-state index >= 15 is 0 Å². The van der Waals surface area contributed by atoms with Gasteiger partial charge < -0.3 is 4.90 Å². The minimum atomic E-state index is -0.0794. The highest BCUT2D eigenvalue weighted by Gasteiger charge is 2.17. The molecule has 0 unspecified atom stereocenters. The second kappa shape index (κ2) is 6.77. The van der Waals surface area contributed by atoms with Crippen LogP contribution >= 0.6 is 11.6 Å². The van der Waals surface area contributed by atoms with Gasteiger partial charge in [-0.1, -0.05) is 47.5 Å². The number of hydrogen-bond donors (Lipinski definition) is 0. The molecule has 0 aliphatic rings. The number of amides is 1. The quantitative estimate of drug-likeness (QED) is 0.767. The first-order valence-electron chi connectivity index (χ1n) is 7.00. The number of rotatable bonds is 4. The largest absolute Gasteiger partial charge is 0.307 e. The van der Waals surface area contributed by atoms with E-state index in [1.165, 1.54) is 11.1 Å². The lowest BCUT2D eigenvalue weighted by atomic mass is 10.1. The van der Waals surface area contributed by atoms with Crippen LogP contribution in [0.2, 0.25) is 0 Å². The Kier molecular flexibility index (Phi) is 5.03. The summed E-state index contributed by atoms with van der Waals surface area (Å²) in [6.45, 7) is 6.65. The number of carbonyl (C=O) groups excluding carboxylic acids is 1. The van der Waals surface area contributed by atoms with Crippen LogP contribution < -0.4 is 4.90 Å². The third-order valence-electron chi connectivity index (χ3n) is 3.52. The molecule has 0 aromatic heterocycles. The maximum absolute atomic E-state index is 12.2. The monoisotopic (exact) mass is 301 g/mol. The Labute approximate surface area is 131 Å². The molecular weight excluding hydrogens is 282 g/mol. The Balaban J connectivity index is 2.34. The van der Waals surface area contributed by atoms with E-state index in [4.69, 9.17) is 11.6 Å². The lowest BCUT2D eigenvalue weighted by molar-refractivity contribution is -0.116. The Morgan fingerprint density at radius 2 is 1.62 bits per heavy atom. The maximum Gasteiger partial charge on any atom is 0.242 e. The fourth-order valence-electron chi connectivity index (χ4n) is 2.36. The average Bonchev–Trinajstić information content (AvgIpc) is 2.47. The van der Waals surface area contributed by atoms with Crippen LogP contribution in [-0.4, -0.2) is 11.8 Å². The third kappa shape index (κ3) is 3.85. The lowest BCUT2D eigenvalue weighted by Gasteiger charge is -2.24. The smallest absolute Gasteiger partial charge is 0.242 e. The van der Waals surface area contributed by atoms with Crippen LogP contribution in [0.15, 0.2) is 42.5 Å². The number of alkyl halides is 1. The first-order chi connectivity index (χ1) is 10.0. The van der Waals surface area contributed by atoms with Gasteiger partial charge >= 0.3 is 0 Å². The van der Waals surface area contributed by atoms with E-state index in [-0.39, 0.29) is 11.8 Å². The van der Waals surface area contributed by atoms with E-state index in [0.717, 1.165) is 16.8 Å². The summed E-state index contributed by atoms with van der Waals surface area (Å²) >= 11 is 5.78. The molecule has 2 nitrogen and oxygen atoms in total. The Bertz CT molecular complexity index is 634. The molecule has 2 aromatic rings. The normalized spacial score (nSPS) is 10.5. The van der Waals surface area contributed by atoms with Gasteiger partial charge in [0.05, 0.1) is 6.54 Å². The minimum Gasteiger partial charge on any atom is -0.307 e. The van der Waals surface area contributed by atoms with Gasteiger partial charge in [-0.2, -0.15) is 0 Å². The van der Waals surface area contributed by atoms with Gasteiger partial charge in [-0.05, 0) is 38.0 Å². The van der Waals surface area contributed by atoms with Gasteiger partial charge in [0.2, 0.25) is 5.91 Å². The molecule has 0 spiro atoms. The van der Waals surface area contributed by atoms with Gasteiger partial charge in [0.15, 0.2) is 0 Å². The summed E-state index contributed by atoms with van der Waals surface area (Å²) in [5, 5.41) is 0. The number of hydrogen-bond acceptors (Lipinski definition) is 1. The summed E-state index contributed by atoms with van der Waals surface area (Å²) in [5.74, 6) is -0.0942. The van der Waals surface area contributed by atoms with Gasteiger partial charge in [-0.15, -0.1) is 11.6 Å². The molecule has 0 aliphatic carbocycles. The van der Waals surface area contributed by atoms with Crippen LogP contribution in [0.4, 0.5) is 5.69 Å². The topological polar surface area (TPSA) is 20.3 Å². The second-order valence-electron chi connectivity index (χ2n) is 5.39. The summed E-state index contributed by atoms with van der Waals surface area (Å²) in [4.78, 5) is 14.0. The van der Waals surface area contributed by atoms with Crippen molar-refractivity contribution < 1.29 is 4.79 Å². The molecule has 0 heterocycles. The van der Waals surface area contributed by atoms with E-state index in [1.54, 1.807) is 4.90 Å². The average molecular weight is 302 g/mol. The highest BCUT2D eigenvalue weighted by molar-refractivity contribution is 6.29. The lowest BCUT2D eigenvalue weighted by Crippen LogP contribution is -2.32. The first kappa shape index (κ1) is 15.6. The molecule has 0 saturated heterocycles. The van der Waals surface area contributed by atoms with Crippen molar-refractivity contribution in [1.82, 2.24) is 0 Å². The van der Waals surface area contributed by atoms with Crippen molar-refractivity contribution in [3.05, 3.63) is 64.7 Å². The number of nitrogens with zero attached hydrogens (tertiary/aromatic N) is 1. The van der Waals surface area contributed by atoms with Crippen molar-refractivity contribution in [1.29, 1.82) is 0 Å². The van der Waals surface area contributed by atoms with Crippen LogP contribution in [0, 0.1) is 20.8 Å². The van der Waals surface area contributed by atoms with Gasteiger partial charge in [0.1, 0.15) is 5.88 Å². The number of carbonyl (C=O) groups is 1. The summed E-state index contributed by atoms with van der Waals surface area (Å²) in [6, 6.07) is 14.3. The zero-order valence-electron chi connectivity index (χ0n) is 12.7. The fourth-order valence-corrected chi connectivity index (χ4v) is 2.51. The zero-order valence-corrected chi connectivity index (χ0v) is 13.4. The Hall–Kier alpha value is -1.80. The number of benzene rings is 2. The molecule has 21 heavy (non-hydrogen) atoms. The van der Waals surface area contributed by atoms with E-state index in [0.29, 0.717) is 6.54 Å². The van der Waals surface area contributed by atoms with Gasteiger partial charge in [0, 0.05) is 5.69 Å². The van der Waals surface area contributed by atoms with E-state index in [9.17, 15) is 4.79 Å². The molecule has 3 heteroatoms. The van der Waals surface area contributed by atoms with Crippen LogP contribution in [0.5, 0.6) is 0 Å². The molecule has 0 N–H and O–H groups in total. The molecule has 1 amide bonds. The molecule has 0 bridgehead atoms. The first-order valence-corrected chi connectivity index (χ1v) is 7.54. The molecule has 2 rings (SSSR count). The standard InChI is InChI=1S/C18H20ClNO/c1-13-4-7-16(8-5-13)12-20(18(21)11-19)17-9-6-14(2)10-15(17)3/h4-10H,11-12H2,1-3H3. The van der Waals surface area contributed by atoms with Crippen LogP contribution in [0.1, 0.15) is 22.3 Å². The van der Waals surface area contributed by atoms with Crippen LogP contribution in [0.3, 0.4) is 0 Å². The summed E-state index contributed by atoms with van der Waals surface area (Å²) < 4.78 is 0. The second-order valence-corrected chi connectivity index (χ2v) is 5.66. The summed E-state index contributed by atoms with van der Waals surface area (Å²) in [6.07, 6.45) is 0. The zero-order chi connectivity index (χ0) is 15.4. The molecule has 110 valence electrons. The number of halogens is 1. The maximum atomic E-state index is 12.2. The van der Waals surface area contributed by atoms with Crippen molar-refractivity contribution in [2.45, 2.75) is 27.3 Å². The van der Waals surface area contributed by atoms with Crippen molar-refractivity contribution in [3.63, 3.8) is 0 Å². The summed E-state index contributed by atoms with van der Waals surface area (Å²) in [7, 11) is 0. The van der Waals surface area contributed by atoms with Gasteiger partial charge in [0.25, 0.3) is 0 Å². The fraction of sp³-hybridized carbons (Fsp3) is 0.278. The number of aryl methyl sites for hydroxylation is 3. The minimum absolute atomic E-state index is 0.0147. The molecule has 0 atom stereocenters. The molecule has 0 radical (unpaired) electrons. The van der Waals surface area contributed by atoms with Gasteiger partial charge in [-0.3, -0.25) is 4.79 Å². The highest BCUT2D eigenvalue weighted by Crippen LogP contribution is 2.23. The molecule has 2 aromatic carbocycles. The van der Waals surface area contributed by atoms with Crippen molar-refractivity contribution in [2.24, 2.45) is 0 Å². The highest BCUT2D eigenvalue weighted by atomic mass is 35.5.